The van der Waals surface area contributed by atoms with Crippen LogP contribution in [0.2, 0.25) is 0 Å². The van der Waals surface area contributed by atoms with Crippen molar-refractivity contribution in [3.63, 3.8) is 0 Å². The van der Waals surface area contributed by atoms with Gasteiger partial charge in [-0.25, -0.2) is 0 Å². The van der Waals surface area contributed by atoms with Crippen LogP contribution in [0.1, 0.15) is 57.6 Å². The van der Waals surface area contributed by atoms with E-state index >= 15 is 0 Å². The molecule has 2 aliphatic rings. The molecule has 1 heterocycles. The number of hydrogen-bond donors (Lipinski definition) is 1. The zero-order chi connectivity index (χ0) is 14.2. The number of nitrogens with one attached hydrogen (secondary N) is 1. The highest BCUT2D eigenvalue weighted by Crippen LogP contribution is 2.46. The van der Waals surface area contributed by atoms with E-state index in [0.717, 1.165) is 25.4 Å². The molecular weight excluding hydrogens is 246 g/mol. The summed E-state index contributed by atoms with van der Waals surface area (Å²) in [5.74, 6) is 1.04. The lowest BCUT2D eigenvalue weighted by atomic mass is 9.65. The van der Waals surface area contributed by atoms with Crippen molar-refractivity contribution in [1.29, 1.82) is 0 Å². The fourth-order valence-corrected chi connectivity index (χ4v) is 4.07. The Morgan fingerprint density at radius 3 is 2.70 bits per heavy atom. The molecule has 0 bridgehead atoms. The van der Waals surface area contributed by atoms with Crippen LogP contribution in [-0.4, -0.2) is 6.61 Å². The van der Waals surface area contributed by atoms with E-state index in [1.165, 1.54) is 36.8 Å². The largest absolute Gasteiger partial charge is 0.493 e. The van der Waals surface area contributed by atoms with E-state index < -0.39 is 0 Å². The second kappa shape index (κ2) is 5.07. The lowest BCUT2D eigenvalue weighted by Crippen LogP contribution is -2.35. The van der Waals surface area contributed by atoms with Crippen LogP contribution in [0.5, 0.6) is 5.75 Å². The normalized spacial score (nSPS) is 28.1. The lowest BCUT2D eigenvalue weighted by molar-refractivity contribution is 0.0505. The van der Waals surface area contributed by atoms with Crippen molar-refractivity contribution in [1.82, 2.24) is 5.32 Å². The molecule has 2 heteroatoms. The number of ether oxygens (including phenoxy) is 1. The maximum absolute atomic E-state index is 6.14. The molecule has 0 spiro atoms. The molecule has 20 heavy (non-hydrogen) atoms. The Kier molecular flexibility index (Phi) is 3.53. The highest BCUT2D eigenvalue weighted by atomic mass is 16.5. The van der Waals surface area contributed by atoms with Crippen LogP contribution in [0, 0.1) is 10.8 Å². The van der Waals surface area contributed by atoms with Crippen LogP contribution < -0.4 is 10.1 Å². The van der Waals surface area contributed by atoms with Crippen molar-refractivity contribution in [3.05, 3.63) is 29.3 Å². The summed E-state index contributed by atoms with van der Waals surface area (Å²) in [6.07, 6.45) is 5.25. The average molecular weight is 273 g/mol. The van der Waals surface area contributed by atoms with Crippen molar-refractivity contribution < 1.29 is 4.74 Å². The molecule has 1 aromatic carbocycles. The third kappa shape index (κ3) is 3.01. The van der Waals surface area contributed by atoms with Crippen LogP contribution in [0.3, 0.4) is 0 Å². The fraction of sp³-hybridized carbons (Fsp3) is 0.667. The topological polar surface area (TPSA) is 21.3 Å². The van der Waals surface area contributed by atoms with Crippen LogP contribution in [0.4, 0.5) is 0 Å². The molecule has 0 amide bonds. The van der Waals surface area contributed by atoms with Gasteiger partial charge in [0, 0.05) is 18.5 Å². The Labute approximate surface area is 122 Å². The quantitative estimate of drug-likeness (QED) is 0.887. The smallest absolute Gasteiger partial charge is 0.119 e. The van der Waals surface area contributed by atoms with Crippen LogP contribution in [-0.2, 0) is 13.1 Å². The first kappa shape index (κ1) is 13.9. The zero-order valence-corrected chi connectivity index (χ0v) is 13.1. The highest BCUT2D eigenvalue weighted by molar-refractivity contribution is 5.37. The third-order valence-electron chi connectivity index (χ3n) is 4.94. The van der Waals surface area contributed by atoms with Crippen LogP contribution in [0.25, 0.3) is 0 Å². The molecule has 1 aromatic rings. The molecule has 0 saturated heterocycles. The summed E-state index contributed by atoms with van der Waals surface area (Å²) in [6.45, 7) is 10.0. The van der Waals surface area contributed by atoms with E-state index in [4.69, 9.17) is 4.74 Å². The average Bonchev–Trinajstić information content (AvgIpc) is 2.82. The van der Waals surface area contributed by atoms with Gasteiger partial charge >= 0.3 is 0 Å². The number of hydrogen-bond acceptors (Lipinski definition) is 2. The maximum Gasteiger partial charge on any atom is 0.119 e. The summed E-state index contributed by atoms with van der Waals surface area (Å²) < 4.78 is 6.14. The summed E-state index contributed by atoms with van der Waals surface area (Å²) in [5, 5.41) is 3.38. The van der Waals surface area contributed by atoms with Crippen molar-refractivity contribution in [2.24, 2.45) is 10.8 Å². The first-order chi connectivity index (χ1) is 9.46. The molecule has 1 aliphatic heterocycles. The van der Waals surface area contributed by atoms with Crippen LogP contribution >= 0.6 is 0 Å². The van der Waals surface area contributed by atoms with E-state index in [1.54, 1.807) is 0 Å². The van der Waals surface area contributed by atoms with E-state index in [1.807, 2.05) is 0 Å². The molecule has 0 aromatic heterocycles. The van der Waals surface area contributed by atoms with Gasteiger partial charge in [-0.1, -0.05) is 33.3 Å². The van der Waals surface area contributed by atoms with Crippen molar-refractivity contribution in [3.8, 4) is 5.75 Å². The van der Waals surface area contributed by atoms with Gasteiger partial charge in [-0.2, -0.15) is 0 Å². The lowest BCUT2D eigenvalue weighted by Gasteiger charge is -2.42. The predicted molar refractivity (Wildman–Crippen MR) is 82.8 cm³/mol. The summed E-state index contributed by atoms with van der Waals surface area (Å²) in [4.78, 5) is 0. The van der Waals surface area contributed by atoms with Gasteiger partial charge in [-0.15, -0.1) is 0 Å². The van der Waals surface area contributed by atoms with E-state index in [9.17, 15) is 0 Å². The minimum Gasteiger partial charge on any atom is -0.493 e. The van der Waals surface area contributed by atoms with Gasteiger partial charge in [0.05, 0.1) is 6.61 Å². The second-order valence-corrected chi connectivity index (χ2v) is 7.83. The van der Waals surface area contributed by atoms with Gasteiger partial charge in [-0.3, -0.25) is 0 Å². The first-order valence-corrected chi connectivity index (χ1v) is 7.91. The molecular formula is C18H27NO. The van der Waals surface area contributed by atoms with Gasteiger partial charge in [0.1, 0.15) is 5.75 Å². The van der Waals surface area contributed by atoms with Gasteiger partial charge < -0.3 is 10.1 Å². The maximum atomic E-state index is 6.14. The SMILES string of the molecule is CC1(C)CCCC(C)(COc2ccc3c(c2)CNC3)C1. The predicted octanol–water partition coefficient (Wildman–Crippen LogP) is 4.28. The first-order valence-electron chi connectivity index (χ1n) is 7.91. The molecule has 1 fully saturated rings. The molecule has 2 nitrogen and oxygen atoms in total. The van der Waals surface area contributed by atoms with Gasteiger partial charge in [0.25, 0.3) is 0 Å². The Balaban J connectivity index is 1.64. The molecule has 110 valence electrons. The van der Waals surface area contributed by atoms with Gasteiger partial charge in [0.15, 0.2) is 0 Å². The number of fused-ring (bicyclic) bond motifs is 1. The Bertz CT molecular complexity index is 494. The van der Waals surface area contributed by atoms with E-state index in [2.05, 4.69) is 44.3 Å². The Morgan fingerprint density at radius 2 is 1.90 bits per heavy atom. The van der Waals surface area contributed by atoms with E-state index in [0.29, 0.717) is 10.8 Å². The second-order valence-electron chi connectivity index (χ2n) is 7.83. The minimum atomic E-state index is 0.332. The van der Waals surface area contributed by atoms with Gasteiger partial charge in [0.2, 0.25) is 0 Å². The zero-order valence-electron chi connectivity index (χ0n) is 13.1. The van der Waals surface area contributed by atoms with Crippen LogP contribution in [0.15, 0.2) is 18.2 Å². The summed E-state index contributed by atoms with van der Waals surface area (Å²) in [7, 11) is 0. The Morgan fingerprint density at radius 1 is 1.10 bits per heavy atom. The molecule has 1 aliphatic carbocycles. The monoisotopic (exact) mass is 273 g/mol. The minimum absolute atomic E-state index is 0.332. The van der Waals surface area contributed by atoms with Crippen molar-refractivity contribution in [2.45, 2.75) is 59.5 Å². The molecule has 1 unspecified atom stereocenters. The Hall–Kier alpha value is -1.02. The molecule has 3 rings (SSSR count). The molecule has 1 N–H and O–H groups in total. The summed E-state index contributed by atoms with van der Waals surface area (Å²) in [6, 6.07) is 6.55. The van der Waals surface area contributed by atoms with E-state index in [-0.39, 0.29) is 0 Å². The fourth-order valence-electron chi connectivity index (χ4n) is 4.07. The molecule has 1 atom stereocenters. The standard InChI is InChI=1S/C18H27NO/c1-17(2)7-4-8-18(3,12-17)13-20-16-6-5-14-10-19-11-15(14)9-16/h5-6,9,19H,4,7-8,10-13H2,1-3H3. The number of rotatable bonds is 3. The highest BCUT2D eigenvalue weighted by Gasteiger charge is 2.37. The molecule has 1 saturated carbocycles. The van der Waals surface area contributed by atoms with Gasteiger partial charge in [-0.05, 0) is 47.9 Å². The van der Waals surface area contributed by atoms with Crippen molar-refractivity contribution >= 4 is 0 Å². The third-order valence-corrected chi connectivity index (χ3v) is 4.94. The number of benzene rings is 1. The van der Waals surface area contributed by atoms with Crippen molar-refractivity contribution in [2.75, 3.05) is 6.61 Å². The molecule has 0 radical (unpaired) electrons. The summed E-state index contributed by atoms with van der Waals surface area (Å²) >= 11 is 0. The summed E-state index contributed by atoms with van der Waals surface area (Å²) in [5.41, 5.74) is 3.62.